The molecule has 0 fully saturated rings. The Bertz CT molecular complexity index is 651. The molecule has 0 saturated carbocycles. The number of carbonyl (C=O) groups is 2. The highest BCUT2D eigenvalue weighted by atomic mass is 32.2. The van der Waals surface area contributed by atoms with Gasteiger partial charge in [-0.3, -0.25) is 18.7 Å². The fourth-order valence-corrected chi connectivity index (χ4v) is 4.50. The van der Waals surface area contributed by atoms with E-state index in [1.165, 1.54) is 0 Å². The molecule has 4 unspecified atom stereocenters. The lowest BCUT2D eigenvalue weighted by Crippen LogP contribution is -2.38. The Labute approximate surface area is 140 Å². The smallest absolute Gasteiger partial charge is 0.307 e. The van der Waals surface area contributed by atoms with Crippen molar-refractivity contribution in [3.8, 4) is 0 Å². The molecule has 0 aliphatic carbocycles. The first-order valence-electron chi connectivity index (χ1n) is 7.03. The van der Waals surface area contributed by atoms with Gasteiger partial charge in [0.05, 0.1) is 23.3 Å². The number of carboxylic acids is 2. The standard InChI is InChI=1S/C12H22O10S2/c1-3-8(5-23(17,18)19)4-9(6-24(20,21)22)10(12(15)16)7(2)11(13)14/h7-10H,3-6H2,1-2H3,(H,13,14)(H,15,16)(H,17,18,19)(H,20,21,22). The second-order valence-electron chi connectivity index (χ2n) is 5.76. The zero-order valence-electron chi connectivity index (χ0n) is 13.2. The van der Waals surface area contributed by atoms with E-state index in [-0.39, 0.29) is 12.8 Å². The number of hydrogen-bond acceptors (Lipinski definition) is 6. The summed E-state index contributed by atoms with van der Waals surface area (Å²) in [6, 6.07) is 0. The van der Waals surface area contributed by atoms with Crippen molar-refractivity contribution >= 4 is 32.2 Å². The molecule has 10 nitrogen and oxygen atoms in total. The summed E-state index contributed by atoms with van der Waals surface area (Å²) in [7, 11) is -9.01. The topological polar surface area (TPSA) is 183 Å². The summed E-state index contributed by atoms with van der Waals surface area (Å²) in [6.45, 7) is 2.64. The molecule has 0 bridgehead atoms. The molecule has 0 aromatic heterocycles. The van der Waals surface area contributed by atoms with E-state index in [2.05, 4.69) is 0 Å². The molecule has 0 aromatic rings. The van der Waals surface area contributed by atoms with Gasteiger partial charge in [-0.05, 0) is 18.3 Å². The molecule has 24 heavy (non-hydrogen) atoms. The van der Waals surface area contributed by atoms with E-state index in [1.807, 2.05) is 0 Å². The number of aliphatic carboxylic acids is 2. The predicted octanol–water partition coefficient (Wildman–Crippen LogP) is 0.216. The average Bonchev–Trinajstić information content (AvgIpc) is 2.33. The molecule has 0 rings (SSSR count). The van der Waals surface area contributed by atoms with Crippen LogP contribution in [0.2, 0.25) is 0 Å². The van der Waals surface area contributed by atoms with Crippen LogP contribution in [0.25, 0.3) is 0 Å². The van der Waals surface area contributed by atoms with Gasteiger partial charge in [-0.25, -0.2) is 0 Å². The van der Waals surface area contributed by atoms with E-state index in [4.69, 9.17) is 14.2 Å². The van der Waals surface area contributed by atoms with Crippen LogP contribution in [0.5, 0.6) is 0 Å². The van der Waals surface area contributed by atoms with Gasteiger partial charge in [0.2, 0.25) is 0 Å². The summed E-state index contributed by atoms with van der Waals surface area (Å²) >= 11 is 0. The summed E-state index contributed by atoms with van der Waals surface area (Å²) in [4.78, 5) is 22.5. The summed E-state index contributed by atoms with van der Waals surface area (Å²) in [5.74, 6) is -10.0. The maximum absolute atomic E-state index is 11.4. The van der Waals surface area contributed by atoms with E-state index in [0.717, 1.165) is 6.92 Å². The van der Waals surface area contributed by atoms with Crippen LogP contribution in [0.1, 0.15) is 26.7 Å². The Morgan fingerprint density at radius 1 is 0.917 bits per heavy atom. The van der Waals surface area contributed by atoms with Crippen molar-refractivity contribution in [1.82, 2.24) is 0 Å². The first-order chi connectivity index (χ1) is 10.7. The third kappa shape index (κ3) is 8.57. The quantitative estimate of drug-likeness (QED) is 0.356. The van der Waals surface area contributed by atoms with Crippen LogP contribution in [-0.2, 0) is 29.8 Å². The van der Waals surface area contributed by atoms with Crippen molar-refractivity contribution in [3.63, 3.8) is 0 Å². The highest BCUT2D eigenvalue weighted by molar-refractivity contribution is 7.86. The highest BCUT2D eigenvalue weighted by Gasteiger charge is 2.40. The van der Waals surface area contributed by atoms with Gasteiger partial charge >= 0.3 is 11.9 Å². The van der Waals surface area contributed by atoms with Gasteiger partial charge < -0.3 is 10.2 Å². The summed E-state index contributed by atoms with van der Waals surface area (Å²) in [6.07, 6.45) is -0.125. The molecule has 0 amide bonds. The van der Waals surface area contributed by atoms with Crippen molar-refractivity contribution in [1.29, 1.82) is 0 Å². The lowest BCUT2D eigenvalue weighted by Gasteiger charge is -2.28. The summed E-state index contributed by atoms with van der Waals surface area (Å²) in [5.41, 5.74) is 0. The van der Waals surface area contributed by atoms with Gasteiger partial charge in [-0.15, -0.1) is 0 Å². The SMILES string of the molecule is CCC(CC(CS(=O)(=O)O)C(C(=O)O)C(C)C(=O)O)CS(=O)(=O)O. The molecule has 4 atom stereocenters. The molecule has 0 saturated heterocycles. The number of hydrogen-bond donors (Lipinski definition) is 4. The fourth-order valence-electron chi connectivity index (χ4n) is 2.64. The average molecular weight is 390 g/mol. The summed E-state index contributed by atoms with van der Waals surface area (Å²) in [5, 5.41) is 18.3. The first kappa shape index (κ1) is 22.8. The van der Waals surface area contributed by atoms with Crippen LogP contribution in [0.15, 0.2) is 0 Å². The van der Waals surface area contributed by atoms with Gasteiger partial charge in [0, 0.05) is 0 Å². The maximum Gasteiger partial charge on any atom is 0.307 e. The second kappa shape index (κ2) is 8.74. The molecular weight excluding hydrogens is 368 g/mol. The minimum absolute atomic E-state index is 0.176. The zero-order chi connectivity index (χ0) is 19.3. The lowest BCUT2D eigenvalue weighted by molar-refractivity contribution is -0.155. The normalized spacial score (nSPS) is 17.7. The Morgan fingerprint density at radius 3 is 1.67 bits per heavy atom. The second-order valence-corrected chi connectivity index (χ2v) is 8.75. The first-order valence-corrected chi connectivity index (χ1v) is 10.3. The minimum atomic E-state index is -4.63. The molecule has 0 aromatic carbocycles. The Kier molecular flexibility index (Phi) is 8.29. The van der Waals surface area contributed by atoms with Gasteiger partial charge in [0.1, 0.15) is 0 Å². The van der Waals surface area contributed by atoms with Crippen LogP contribution in [0, 0.1) is 23.7 Å². The summed E-state index contributed by atoms with van der Waals surface area (Å²) < 4.78 is 62.2. The third-order valence-electron chi connectivity index (χ3n) is 3.81. The van der Waals surface area contributed by atoms with E-state index in [1.54, 1.807) is 6.92 Å². The molecule has 4 N–H and O–H groups in total. The van der Waals surface area contributed by atoms with Crippen LogP contribution in [-0.4, -0.2) is 59.6 Å². The Hall–Kier alpha value is -1.24. The molecular formula is C12H22O10S2. The van der Waals surface area contributed by atoms with E-state index in [9.17, 15) is 31.5 Å². The minimum Gasteiger partial charge on any atom is -0.481 e. The van der Waals surface area contributed by atoms with Crippen molar-refractivity contribution in [2.24, 2.45) is 23.7 Å². The zero-order valence-corrected chi connectivity index (χ0v) is 14.8. The van der Waals surface area contributed by atoms with E-state index < -0.39 is 67.4 Å². The van der Waals surface area contributed by atoms with E-state index >= 15 is 0 Å². The van der Waals surface area contributed by atoms with Crippen molar-refractivity contribution in [2.45, 2.75) is 26.7 Å². The van der Waals surface area contributed by atoms with Gasteiger partial charge in [-0.2, -0.15) is 16.8 Å². The van der Waals surface area contributed by atoms with Gasteiger partial charge in [-0.1, -0.05) is 20.3 Å². The molecule has 0 spiro atoms. The predicted molar refractivity (Wildman–Crippen MR) is 82.6 cm³/mol. The van der Waals surface area contributed by atoms with Gasteiger partial charge in [0.25, 0.3) is 20.2 Å². The van der Waals surface area contributed by atoms with Crippen LogP contribution in [0.4, 0.5) is 0 Å². The molecule has 0 radical (unpaired) electrons. The number of carboxylic acid groups (broad SMARTS) is 2. The molecule has 142 valence electrons. The Balaban J connectivity index is 5.71. The van der Waals surface area contributed by atoms with Crippen LogP contribution >= 0.6 is 0 Å². The molecule has 0 aliphatic rings. The molecule has 12 heteroatoms. The van der Waals surface area contributed by atoms with Crippen molar-refractivity contribution < 1.29 is 45.7 Å². The fraction of sp³-hybridized carbons (Fsp3) is 0.833. The maximum atomic E-state index is 11.4. The largest absolute Gasteiger partial charge is 0.481 e. The number of rotatable bonds is 11. The van der Waals surface area contributed by atoms with Gasteiger partial charge in [0.15, 0.2) is 0 Å². The van der Waals surface area contributed by atoms with Crippen LogP contribution in [0.3, 0.4) is 0 Å². The lowest BCUT2D eigenvalue weighted by atomic mass is 9.78. The van der Waals surface area contributed by atoms with E-state index in [0.29, 0.717) is 0 Å². The van der Waals surface area contributed by atoms with Crippen molar-refractivity contribution in [3.05, 3.63) is 0 Å². The highest BCUT2D eigenvalue weighted by Crippen LogP contribution is 2.30. The molecule has 0 aliphatic heterocycles. The monoisotopic (exact) mass is 390 g/mol. The van der Waals surface area contributed by atoms with Crippen molar-refractivity contribution in [2.75, 3.05) is 11.5 Å². The third-order valence-corrected chi connectivity index (χ3v) is 5.55. The Morgan fingerprint density at radius 2 is 1.38 bits per heavy atom. The van der Waals surface area contributed by atoms with Crippen LogP contribution < -0.4 is 0 Å². The molecule has 0 heterocycles.